The average Bonchev–Trinajstić information content (AvgIpc) is 3.19. The number of hydrogen-bond donors (Lipinski definition) is 2. The molecule has 30 heavy (non-hydrogen) atoms. The SMILES string of the molecule is [B]=C[C@@H]1CC(O)[C@H](C/C=C\CCCC(=O)O)[C@H]1CCC(=O)CCc1cc(Br)c(C)s1. The van der Waals surface area contributed by atoms with Crippen LogP contribution in [0, 0.1) is 24.7 Å². The molecule has 0 saturated heterocycles. The number of unbranched alkanes of at least 4 members (excludes halogenated alkanes) is 1. The molecule has 0 aromatic carbocycles. The predicted molar refractivity (Wildman–Crippen MR) is 127 cm³/mol. The van der Waals surface area contributed by atoms with E-state index in [1.165, 1.54) is 9.75 Å². The molecular formula is C23H31BBrO4S. The molecule has 1 aromatic rings. The summed E-state index contributed by atoms with van der Waals surface area (Å²) in [5, 5.41) is 19.2. The van der Waals surface area contributed by atoms with Crippen LogP contribution in [0.1, 0.15) is 61.1 Å². The molecule has 2 rings (SSSR count). The molecule has 1 radical (unpaired) electrons. The van der Waals surface area contributed by atoms with Crippen molar-refractivity contribution in [2.75, 3.05) is 0 Å². The van der Waals surface area contributed by atoms with E-state index in [9.17, 15) is 14.7 Å². The van der Waals surface area contributed by atoms with E-state index in [2.05, 4.69) is 28.9 Å². The second kappa shape index (κ2) is 12.7. The number of aliphatic hydroxyl groups excluding tert-OH is 1. The van der Waals surface area contributed by atoms with Gasteiger partial charge in [-0.3, -0.25) is 0 Å². The number of aryl methyl sites for hydroxylation is 2. The monoisotopic (exact) mass is 493 g/mol. The Morgan fingerprint density at radius 1 is 1.27 bits per heavy atom. The van der Waals surface area contributed by atoms with Crippen LogP contribution in [-0.2, 0) is 16.0 Å². The first-order chi connectivity index (χ1) is 14.3. The zero-order chi connectivity index (χ0) is 22.1. The third-order valence-corrected chi connectivity index (χ3v) is 8.20. The van der Waals surface area contributed by atoms with E-state index in [-0.39, 0.29) is 30.0 Å². The van der Waals surface area contributed by atoms with Crippen molar-refractivity contribution in [1.29, 1.82) is 0 Å². The minimum absolute atomic E-state index is 0.0919. The van der Waals surface area contributed by atoms with Gasteiger partial charge in [-0.25, -0.2) is 0 Å². The standard InChI is InChI=1S/C23H31BBrO4S/c1-15-21(25)13-18(30-15)10-8-17(26)9-11-19-16(14-24)12-22(27)20(19)6-4-2-3-5-7-23(28)29/h2,4,13-14,16,19-20,22,27H,3,5-12H2,1H3,(H,28,29)/b4-2-/t16-,19-,20+,22?/m0/s1. The van der Waals surface area contributed by atoms with Gasteiger partial charge < -0.3 is 0 Å². The molecule has 163 valence electrons. The van der Waals surface area contributed by atoms with Gasteiger partial charge in [0.25, 0.3) is 0 Å². The van der Waals surface area contributed by atoms with Gasteiger partial charge in [-0.2, -0.15) is 0 Å². The molecule has 7 heteroatoms. The summed E-state index contributed by atoms with van der Waals surface area (Å²) in [6.07, 6.45) is 9.13. The van der Waals surface area contributed by atoms with Crippen LogP contribution in [0.15, 0.2) is 22.7 Å². The summed E-state index contributed by atoms with van der Waals surface area (Å²) in [5.41, 5.74) is 0. The zero-order valence-corrected chi connectivity index (χ0v) is 20.0. The summed E-state index contributed by atoms with van der Waals surface area (Å²) in [7, 11) is 5.83. The number of aliphatic carboxylic acids is 1. The number of ketones is 1. The van der Waals surface area contributed by atoms with Gasteiger partial charge in [0, 0.05) is 0 Å². The molecular weight excluding hydrogens is 463 g/mol. The van der Waals surface area contributed by atoms with Crippen molar-refractivity contribution in [2.45, 2.75) is 70.8 Å². The van der Waals surface area contributed by atoms with Gasteiger partial charge in [-0.1, -0.05) is 0 Å². The minimum atomic E-state index is -0.775. The third kappa shape index (κ3) is 7.90. The Hall–Kier alpha value is -1.05. The van der Waals surface area contributed by atoms with Crippen LogP contribution in [0.5, 0.6) is 0 Å². The zero-order valence-electron chi connectivity index (χ0n) is 17.6. The summed E-state index contributed by atoms with van der Waals surface area (Å²) in [6, 6.07) is 2.10. The van der Waals surface area contributed by atoms with Crippen molar-refractivity contribution < 1.29 is 19.8 Å². The number of halogens is 1. The Morgan fingerprint density at radius 3 is 2.67 bits per heavy atom. The van der Waals surface area contributed by atoms with Crippen LogP contribution >= 0.6 is 27.3 Å². The van der Waals surface area contributed by atoms with E-state index in [0.29, 0.717) is 25.7 Å². The van der Waals surface area contributed by atoms with E-state index < -0.39 is 12.1 Å². The van der Waals surface area contributed by atoms with E-state index in [1.807, 2.05) is 12.2 Å². The number of Topliss-reactive ketones (excluding diaryl/α,β-unsaturated/α-hetero) is 1. The fourth-order valence-corrected chi connectivity index (χ4v) is 5.91. The van der Waals surface area contributed by atoms with Crippen molar-refractivity contribution >= 4 is 52.5 Å². The van der Waals surface area contributed by atoms with Gasteiger partial charge in [0.1, 0.15) is 0 Å². The number of carboxylic acids is 1. The maximum atomic E-state index is 12.5. The quantitative estimate of drug-likeness (QED) is 0.233. The molecule has 1 aromatic heterocycles. The Morgan fingerprint density at radius 2 is 2.03 bits per heavy atom. The van der Waals surface area contributed by atoms with Crippen LogP contribution in [0.3, 0.4) is 0 Å². The molecule has 1 unspecified atom stereocenters. The molecule has 1 aliphatic carbocycles. The molecule has 0 spiro atoms. The summed E-state index contributed by atoms with van der Waals surface area (Å²) < 4.78 is 1.11. The topological polar surface area (TPSA) is 74.6 Å². The van der Waals surface area contributed by atoms with E-state index in [4.69, 9.17) is 12.6 Å². The molecule has 1 fully saturated rings. The summed E-state index contributed by atoms with van der Waals surface area (Å²) >= 11 is 5.25. The van der Waals surface area contributed by atoms with Crippen LogP contribution < -0.4 is 0 Å². The second-order valence-corrected chi connectivity index (χ2v) is 10.4. The van der Waals surface area contributed by atoms with Gasteiger partial charge in [0.2, 0.25) is 0 Å². The van der Waals surface area contributed by atoms with Gasteiger partial charge in [0.05, 0.1) is 0 Å². The fraction of sp³-hybridized carbons (Fsp3) is 0.609. The summed E-state index contributed by atoms with van der Waals surface area (Å²) in [6.45, 7) is 2.07. The average molecular weight is 494 g/mol. The number of thiophene rings is 1. The number of rotatable bonds is 13. The Bertz CT molecular complexity index is 741. The molecule has 1 aliphatic rings. The molecule has 4 nitrogen and oxygen atoms in total. The van der Waals surface area contributed by atoms with Crippen molar-refractivity contribution in [3.05, 3.63) is 32.4 Å². The fourth-order valence-electron chi connectivity index (χ4n) is 4.31. The molecule has 1 heterocycles. The van der Waals surface area contributed by atoms with Gasteiger partial charge in [0.15, 0.2) is 0 Å². The second-order valence-electron chi connectivity index (χ2n) is 8.17. The van der Waals surface area contributed by atoms with Gasteiger partial charge >= 0.3 is 193 Å². The number of carboxylic acid groups (broad SMARTS) is 1. The summed E-state index contributed by atoms with van der Waals surface area (Å²) in [5.74, 6) is 1.60. The first-order valence-electron chi connectivity index (χ1n) is 10.7. The Labute approximate surface area is 193 Å². The van der Waals surface area contributed by atoms with E-state index >= 15 is 0 Å². The first-order valence-corrected chi connectivity index (χ1v) is 12.3. The normalized spacial score (nSPS) is 23.8. The predicted octanol–water partition coefficient (Wildman–Crippen LogP) is 4.89. The van der Waals surface area contributed by atoms with Crippen molar-refractivity contribution in [3.8, 4) is 0 Å². The number of allylic oxidation sites excluding steroid dienone is 2. The third-order valence-electron chi connectivity index (χ3n) is 6.01. The van der Waals surface area contributed by atoms with Crippen LogP contribution in [0.25, 0.3) is 0 Å². The molecule has 0 bridgehead atoms. The molecule has 0 aliphatic heterocycles. The Balaban J connectivity index is 1.82. The molecule has 1 saturated carbocycles. The van der Waals surface area contributed by atoms with Crippen LogP contribution in [0.2, 0.25) is 0 Å². The molecule has 4 atom stereocenters. The van der Waals surface area contributed by atoms with Crippen molar-refractivity contribution in [2.24, 2.45) is 17.8 Å². The van der Waals surface area contributed by atoms with E-state index in [0.717, 1.165) is 30.2 Å². The van der Waals surface area contributed by atoms with Gasteiger partial charge in [-0.15, -0.1) is 0 Å². The maximum absolute atomic E-state index is 12.5. The van der Waals surface area contributed by atoms with Crippen molar-refractivity contribution in [1.82, 2.24) is 0 Å². The first kappa shape index (κ1) is 25.2. The summed E-state index contributed by atoms with van der Waals surface area (Å²) in [4.78, 5) is 25.5. The van der Waals surface area contributed by atoms with E-state index in [1.54, 1.807) is 17.3 Å². The van der Waals surface area contributed by atoms with Crippen LogP contribution in [-0.4, -0.2) is 41.5 Å². The number of hydrogen-bond acceptors (Lipinski definition) is 4. The van der Waals surface area contributed by atoms with Crippen molar-refractivity contribution in [3.63, 3.8) is 0 Å². The number of carbonyl (C=O) groups excluding carboxylic acids is 1. The molecule has 0 amide bonds. The van der Waals surface area contributed by atoms with Gasteiger partial charge in [-0.05, 0) is 0 Å². The number of aliphatic hydroxyl groups is 1. The number of carbonyl (C=O) groups is 2. The molecule has 2 N–H and O–H groups in total. The Kier molecular flexibility index (Phi) is 10.7. The van der Waals surface area contributed by atoms with Crippen LogP contribution in [0.4, 0.5) is 0 Å².